The molecule has 0 atom stereocenters. The maximum Gasteiger partial charge on any atom is 0.188 e. The molecule has 0 saturated carbocycles. The minimum atomic E-state index is -0.161. The first-order valence-electron chi connectivity index (χ1n) is 10.9. The molecule has 0 radical (unpaired) electrons. The fraction of sp³-hybridized carbons (Fsp3) is 0.0690. The van der Waals surface area contributed by atoms with Crippen molar-refractivity contribution in [3.63, 3.8) is 0 Å². The minimum Gasteiger partial charge on any atom is -0.289 e. The molecule has 0 fully saturated rings. The first kappa shape index (κ1) is 22.3. The van der Waals surface area contributed by atoms with Crippen molar-refractivity contribution in [2.45, 2.75) is 13.8 Å². The fourth-order valence-corrected chi connectivity index (χ4v) is 4.58. The zero-order chi connectivity index (χ0) is 23.8. The molecule has 34 heavy (non-hydrogen) atoms. The van der Waals surface area contributed by atoms with Gasteiger partial charge in [0.05, 0.1) is 16.6 Å². The van der Waals surface area contributed by atoms with Crippen LogP contribution in [0.2, 0.25) is 10.2 Å². The van der Waals surface area contributed by atoms with Crippen LogP contribution in [0.3, 0.4) is 0 Å². The molecule has 166 valence electrons. The molecule has 0 amide bonds. The largest absolute Gasteiger partial charge is 0.289 e. The Kier molecular flexibility index (Phi) is 5.91. The number of rotatable bonds is 4. The third kappa shape index (κ3) is 4.21. The fourth-order valence-electron chi connectivity index (χ4n) is 4.20. The maximum absolute atomic E-state index is 13.6. The summed E-state index contributed by atoms with van der Waals surface area (Å²) in [5.74, 6) is -0.161. The molecule has 0 bridgehead atoms. The van der Waals surface area contributed by atoms with Gasteiger partial charge in [-0.05, 0) is 67.5 Å². The molecule has 5 heteroatoms. The normalized spacial score (nSPS) is 11.5. The van der Waals surface area contributed by atoms with Crippen LogP contribution in [0.15, 0.2) is 78.9 Å². The molecule has 5 aromatic rings. The van der Waals surface area contributed by atoms with Crippen LogP contribution in [0.1, 0.15) is 27.2 Å². The van der Waals surface area contributed by atoms with Crippen molar-refractivity contribution in [1.82, 2.24) is 9.97 Å². The van der Waals surface area contributed by atoms with E-state index in [0.717, 1.165) is 38.5 Å². The Bertz CT molecular complexity index is 1610. The van der Waals surface area contributed by atoms with Gasteiger partial charge in [0.1, 0.15) is 5.15 Å². The number of benzene rings is 3. The Morgan fingerprint density at radius 3 is 2.44 bits per heavy atom. The molecule has 0 aliphatic heterocycles. The van der Waals surface area contributed by atoms with E-state index in [1.165, 1.54) is 6.08 Å². The van der Waals surface area contributed by atoms with Crippen molar-refractivity contribution in [3.8, 4) is 11.1 Å². The van der Waals surface area contributed by atoms with E-state index in [2.05, 4.69) is 4.98 Å². The lowest BCUT2D eigenvalue weighted by Gasteiger charge is -2.14. The molecule has 0 spiro atoms. The third-order valence-electron chi connectivity index (χ3n) is 5.80. The number of hydrogen-bond acceptors (Lipinski definition) is 3. The molecule has 0 N–H and O–H groups in total. The van der Waals surface area contributed by atoms with Crippen molar-refractivity contribution in [2.24, 2.45) is 0 Å². The van der Waals surface area contributed by atoms with Crippen LogP contribution in [-0.2, 0) is 0 Å². The summed E-state index contributed by atoms with van der Waals surface area (Å²) < 4.78 is 0. The molecule has 3 aromatic carbocycles. The van der Waals surface area contributed by atoms with Gasteiger partial charge in [0.2, 0.25) is 0 Å². The van der Waals surface area contributed by atoms with Gasteiger partial charge in [-0.1, -0.05) is 65.7 Å². The number of carbonyl (C=O) groups is 1. The lowest BCUT2D eigenvalue weighted by Crippen LogP contribution is -2.05. The molecular weight excluding hydrogens is 463 g/mol. The molecule has 5 rings (SSSR count). The van der Waals surface area contributed by atoms with Gasteiger partial charge in [0.15, 0.2) is 5.78 Å². The summed E-state index contributed by atoms with van der Waals surface area (Å²) in [7, 11) is 0. The first-order valence-corrected chi connectivity index (χ1v) is 11.6. The van der Waals surface area contributed by atoms with Gasteiger partial charge in [0.25, 0.3) is 0 Å². The average Bonchev–Trinajstić information content (AvgIpc) is 2.82. The molecule has 0 aliphatic rings. The predicted molar refractivity (Wildman–Crippen MR) is 142 cm³/mol. The summed E-state index contributed by atoms with van der Waals surface area (Å²) in [6.45, 7) is 3.87. The van der Waals surface area contributed by atoms with E-state index in [9.17, 15) is 4.79 Å². The molecule has 0 unspecified atom stereocenters. The number of aryl methyl sites for hydroxylation is 2. The van der Waals surface area contributed by atoms with Crippen LogP contribution in [-0.4, -0.2) is 15.8 Å². The van der Waals surface area contributed by atoms with E-state index in [1.807, 2.05) is 86.6 Å². The Morgan fingerprint density at radius 2 is 1.65 bits per heavy atom. The highest BCUT2D eigenvalue weighted by atomic mass is 35.5. The van der Waals surface area contributed by atoms with Gasteiger partial charge in [-0.15, -0.1) is 0 Å². The second-order valence-corrected chi connectivity index (χ2v) is 9.03. The van der Waals surface area contributed by atoms with Gasteiger partial charge < -0.3 is 0 Å². The summed E-state index contributed by atoms with van der Waals surface area (Å²) in [4.78, 5) is 22.7. The van der Waals surface area contributed by atoms with Crippen LogP contribution in [0.5, 0.6) is 0 Å². The van der Waals surface area contributed by atoms with Crippen molar-refractivity contribution < 1.29 is 4.79 Å². The molecule has 3 nitrogen and oxygen atoms in total. The Balaban J connectivity index is 1.65. The van der Waals surface area contributed by atoms with Crippen LogP contribution < -0.4 is 0 Å². The molecule has 2 heterocycles. The van der Waals surface area contributed by atoms with E-state index >= 15 is 0 Å². The summed E-state index contributed by atoms with van der Waals surface area (Å²) in [5, 5.41) is 2.74. The Morgan fingerprint density at radius 1 is 0.853 bits per heavy atom. The van der Waals surface area contributed by atoms with Crippen LogP contribution in [0, 0.1) is 13.8 Å². The highest BCUT2D eigenvalue weighted by molar-refractivity contribution is 6.32. The lowest BCUT2D eigenvalue weighted by atomic mass is 9.92. The number of pyridine rings is 2. The second-order valence-electron chi connectivity index (χ2n) is 8.24. The van der Waals surface area contributed by atoms with Gasteiger partial charge in [-0.3, -0.25) is 9.78 Å². The van der Waals surface area contributed by atoms with E-state index in [4.69, 9.17) is 28.2 Å². The van der Waals surface area contributed by atoms with Crippen molar-refractivity contribution in [2.75, 3.05) is 0 Å². The number of allylic oxidation sites excluding steroid dienone is 1. The van der Waals surface area contributed by atoms with Gasteiger partial charge in [0, 0.05) is 32.6 Å². The minimum absolute atomic E-state index is 0.161. The van der Waals surface area contributed by atoms with Crippen LogP contribution in [0.4, 0.5) is 0 Å². The highest BCUT2D eigenvalue weighted by Gasteiger charge is 2.19. The SMILES string of the molecule is Cc1ccc2cc(/C=C/C(=O)c3c(C)nc4ccc(Cl)cc4c3-c3ccccc3)c(Cl)nc2c1. The number of hydrogen-bond donors (Lipinski definition) is 0. The van der Waals surface area contributed by atoms with Crippen LogP contribution in [0.25, 0.3) is 39.0 Å². The quantitative estimate of drug-likeness (QED) is 0.147. The highest BCUT2D eigenvalue weighted by Crippen LogP contribution is 2.35. The monoisotopic (exact) mass is 482 g/mol. The summed E-state index contributed by atoms with van der Waals surface area (Å²) in [6, 6.07) is 23.3. The zero-order valence-electron chi connectivity index (χ0n) is 18.6. The van der Waals surface area contributed by atoms with E-state index in [0.29, 0.717) is 27.0 Å². The number of nitrogens with zero attached hydrogens (tertiary/aromatic N) is 2. The predicted octanol–water partition coefficient (Wildman–Crippen LogP) is 8.27. The van der Waals surface area contributed by atoms with E-state index in [1.54, 1.807) is 6.08 Å². The third-order valence-corrected chi connectivity index (χ3v) is 6.34. The molecule has 0 saturated heterocycles. The Labute approximate surface area is 207 Å². The number of ketones is 1. The summed E-state index contributed by atoms with van der Waals surface area (Å²) in [5.41, 5.74) is 6.35. The van der Waals surface area contributed by atoms with Crippen molar-refractivity contribution in [3.05, 3.63) is 111 Å². The molecule has 2 aromatic heterocycles. The average molecular weight is 483 g/mol. The zero-order valence-corrected chi connectivity index (χ0v) is 20.2. The first-order chi connectivity index (χ1) is 16.4. The Hall–Kier alpha value is -3.53. The number of carbonyl (C=O) groups excluding carboxylic acids is 1. The standard InChI is InChI=1S/C29H20Cl2N2O/c1-17-8-9-20-15-21(29(31)33-25(20)14-17)10-13-26(34)27-18(2)32-24-12-11-22(30)16-23(24)28(27)19-6-4-3-5-7-19/h3-16H,1-2H3/b13-10+. The maximum atomic E-state index is 13.6. The summed E-state index contributed by atoms with van der Waals surface area (Å²) in [6.07, 6.45) is 3.25. The smallest absolute Gasteiger partial charge is 0.188 e. The molecular formula is C29H20Cl2N2O. The van der Waals surface area contributed by atoms with Gasteiger partial charge in [-0.2, -0.15) is 0 Å². The van der Waals surface area contributed by atoms with E-state index < -0.39 is 0 Å². The summed E-state index contributed by atoms with van der Waals surface area (Å²) >= 11 is 12.8. The second kappa shape index (κ2) is 9.02. The van der Waals surface area contributed by atoms with Crippen molar-refractivity contribution in [1.29, 1.82) is 0 Å². The number of fused-ring (bicyclic) bond motifs is 2. The molecule has 0 aliphatic carbocycles. The number of halogens is 2. The van der Waals surface area contributed by atoms with Gasteiger partial charge in [-0.25, -0.2) is 4.98 Å². The van der Waals surface area contributed by atoms with Crippen molar-refractivity contribution >= 4 is 56.9 Å². The van der Waals surface area contributed by atoms with Crippen LogP contribution >= 0.6 is 23.2 Å². The van der Waals surface area contributed by atoms with E-state index in [-0.39, 0.29) is 5.78 Å². The topological polar surface area (TPSA) is 42.9 Å². The van der Waals surface area contributed by atoms with Gasteiger partial charge >= 0.3 is 0 Å². The lowest BCUT2D eigenvalue weighted by molar-refractivity contribution is 0.104. The number of aromatic nitrogens is 2.